The van der Waals surface area contributed by atoms with Crippen molar-refractivity contribution in [3.05, 3.63) is 69.1 Å². The average molecular weight is 452 g/mol. The quantitative estimate of drug-likeness (QED) is 0.370. The number of aliphatic carboxylic acids is 1. The maximum Gasteiger partial charge on any atom is 0.306 e. The number of carbonyl (C=O) groups is 1. The van der Waals surface area contributed by atoms with E-state index in [1.807, 2.05) is 47.9 Å². The number of aryl methyl sites for hydroxylation is 2. The molecule has 4 rings (SSSR count). The summed E-state index contributed by atoms with van der Waals surface area (Å²) in [6.45, 7) is 6.53. The number of carboxylic acids is 1. The zero-order valence-electron chi connectivity index (χ0n) is 18.2. The fourth-order valence-electron chi connectivity index (χ4n) is 3.81. The van der Waals surface area contributed by atoms with Crippen molar-refractivity contribution in [2.75, 3.05) is 6.54 Å². The zero-order valence-corrected chi connectivity index (χ0v) is 19.0. The van der Waals surface area contributed by atoms with Crippen LogP contribution in [-0.2, 0) is 4.79 Å². The van der Waals surface area contributed by atoms with Crippen LogP contribution in [0.15, 0.2) is 35.3 Å². The fraction of sp³-hybridized carbons (Fsp3) is 0.304. The van der Waals surface area contributed by atoms with Gasteiger partial charge in [-0.2, -0.15) is 0 Å². The van der Waals surface area contributed by atoms with Gasteiger partial charge in [-0.15, -0.1) is 21.5 Å². The molecule has 2 aromatic heterocycles. The van der Waals surface area contributed by atoms with Gasteiger partial charge in [-0.1, -0.05) is 36.4 Å². The number of rotatable bonds is 7. The summed E-state index contributed by atoms with van der Waals surface area (Å²) in [5, 5.41) is 27.7. The largest absolute Gasteiger partial charge is 0.481 e. The summed E-state index contributed by atoms with van der Waals surface area (Å²) >= 11 is 1.65. The van der Waals surface area contributed by atoms with Crippen LogP contribution in [-0.4, -0.2) is 43.3 Å². The number of nitrogens with zero attached hydrogens (tertiary/aromatic N) is 4. The lowest BCUT2D eigenvalue weighted by Crippen LogP contribution is -2.10. The van der Waals surface area contributed by atoms with Crippen molar-refractivity contribution in [2.45, 2.75) is 39.7 Å². The Morgan fingerprint density at radius 1 is 1.22 bits per heavy atom. The molecule has 3 N–H and O–H groups in total. The highest BCUT2D eigenvalue weighted by molar-refractivity contribution is 7.15. The molecular formula is C23H25N5O3S. The normalized spacial score (nSPS) is 15.4. The molecule has 1 aromatic carbocycles. The Labute approximate surface area is 189 Å². The monoisotopic (exact) mass is 451 g/mol. The number of nitrogens with one attached hydrogen (secondary N) is 1. The summed E-state index contributed by atoms with van der Waals surface area (Å²) in [6.07, 6.45) is 4.55. The molecule has 0 bridgehead atoms. The van der Waals surface area contributed by atoms with Gasteiger partial charge in [0.15, 0.2) is 5.82 Å². The molecule has 1 unspecified atom stereocenters. The number of benzene rings is 1. The van der Waals surface area contributed by atoms with Gasteiger partial charge < -0.3 is 10.3 Å². The predicted octanol–water partition coefficient (Wildman–Crippen LogP) is 4.00. The van der Waals surface area contributed by atoms with E-state index in [0.717, 1.165) is 39.4 Å². The van der Waals surface area contributed by atoms with Crippen LogP contribution in [0.1, 0.15) is 57.7 Å². The van der Waals surface area contributed by atoms with Crippen molar-refractivity contribution < 1.29 is 15.1 Å². The van der Waals surface area contributed by atoms with E-state index in [0.29, 0.717) is 18.2 Å². The van der Waals surface area contributed by atoms with Crippen molar-refractivity contribution in [2.24, 2.45) is 4.99 Å². The number of aromatic nitrogens is 3. The summed E-state index contributed by atoms with van der Waals surface area (Å²) in [5.74, 6) is 0.341. The predicted molar refractivity (Wildman–Crippen MR) is 124 cm³/mol. The highest BCUT2D eigenvalue weighted by atomic mass is 32.1. The summed E-state index contributed by atoms with van der Waals surface area (Å²) in [4.78, 5) is 17.7. The molecule has 0 saturated heterocycles. The van der Waals surface area contributed by atoms with Gasteiger partial charge in [0.25, 0.3) is 0 Å². The molecule has 1 aliphatic rings. The van der Waals surface area contributed by atoms with Crippen LogP contribution in [0.5, 0.6) is 0 Å². The summed E-state index contributed by atoms with van der Waals surface area (Å²) in [5.41, 5.74) is 7.00. The maximum absolute atomic E-state index is 11.6. The summed E-state index contributed by atoms with van der Waals surface area (Å²) in [7, 11) is 0. The number of carboxylic acid groups (broad SMARTS) is 1. The second-order valence-electron chi connectivity index (χ2n) is 7.72. The SMILES string of the molecule is Cc1sc2c(c1C)C(c1ccc(C=CCCNO)cc1)=NC(CC(=O)O)c1nnc(C)n1-2. The van der Waals surface area contributed by atoms with E-state index >= 15 is 0 Å². The number of hydrogen-bond acceptors (Lipinski definition) is 7. The molecule has 9 heteroatoms. The Balaban J connectivity index is 1.82. The smallest absolute Gasteiger partial charge is 0.306 e. The Kier molecular flexibility index (Phi) is 6.31. The van der Waals surface area contributed by atoms with E-state index in [1.165, 1.54) is 4.88 Å². The molecule has 32 heavy (non-hydrogen) atoms. The van der Waals surface area contributed by atoms with E-state index in [2.05, 4.69) is 29.5 Å². The Morgan fingerprint density at radius 2 is 1.97 bits per heavy atom. The van der Waals surface area contributed by atoms with E-state index in [9.17, 15) is 9.90 Å². The Hall–Kier alpha value is -3.14. The van der Waals surface area contributed by atoms with Gasteiger partial charge in [0.2, 0.25) is 0 Å². The first-order chi connectivity index (χ1) is 15.4. The zero-order chi connectivity index (χ0) is 22.8. The molecule has 0 aliphatic carbocycles. The Morgan fingerprint density at radius 3 is 2.66 bits per heavy atom. The first-order valence-electron chi connectivity index (χ1n) is 10.4. The van der Waals surface area contributed by atoms with Gasteiger partial charge in [-0.3, -0.25) is 14.4 Å². The van der Waals surface area contributed by atoms with Gasteiger partial charge in [-0.25, -0.2) is 5.48 Å². The van der Waals surface area contributed by atoms with E-state index in [-0.39, 0.29) is 6.42 Å². The van der Waals surface area contributed by atoms with Gasteiger partial charge in [0.05, 0.1) is 12.1 Å². The minimum Gasteiger partial charge on any atom is -0.481 e. The van der Waals surface area contributed by atoms with Crippen molar-refractivity contribution in [3.8, 4) is 5.00 Å². The first-order valence-corrected chi connectivity index (χ1v) is 11.2. The third-order valence-electron chi connectivity index (χ3n) is 5.52. The van der Waals surface area contributed by atoms with Crippen molar-refractivity contribution in [1.82, 2.24) is 20.2 Å². The molecule has 3 heterocycles. The molecule has 0 spiro atoms. The van der Waals surface area contributed by atoms with Crippen molar-refractivity contribution in [3.63, 3.8) is 0 Å². The number of hydroxylamine groups is 1. The average Bonchev–Trinajstić information content (AvgIpc) is 3.24. The van der Waals surface area contributed by atoms with Crippen LogP contribution in [0.4, 0.5) is 0 Å². The van der Waals surface area contributed by atoms with Crippen molar-refractivity contribution in [1.29, 1.82) is 0 Å². The molecule has 166 valence electrons. The van der Waals surface area contributed by atoms with E-state index in [4.69, 9.17) is 10.2 Å². The van der Waals surface area contributed by atoms with Crippen LogP contribution < -0.4 is 5.48 Å². The minimum absolute atomic E-state index is 0.158. The molecule has 1 atom stereocenters. The van der Waals surface area contributed by atoms with Gasteiger partial charge in [0, 0.05) is 22.5 Å². The lowest BCUT2D eigenvalue weighted by Gasteiger charge is -2.11. The molecule has 0 fully saturated rings. The number of hydrogen-bond donors (Lipinski definition) is 3. The lowest BCUT2D eigenvalue weighted by atomic mass is 9.98. The van der Waals surface area contributed by atoms with Crippen LogP contribution in [0.3, 0.4) is 0 Å². The van der Waals surface area contributed by atoms with E-state index < -0.39 is 12.0 Å². The molecule has 3 aromatic rings. The molecular weight excluding hydrogens is 426 g/mol. The summed E-state index contributed by atoms with van der Waals surface area (Å²) < 4.78 is 1.95. The molecule has 1 aliphatic heterocycles. The summed E-state index contributed by atoms with van der Waals surface area (Å²) in [6, 6.07) is 7.41. The second-order valence-corrected chi connectivity index (χ2v) is 8.92. The van der Waals surface area contributed by atoms with E-state index in [1.54, 1.807) is 11.3 Å². The lowest BCUT2D eigenvalue weighted by molar-refractivity contribution is -0.137. The van der Waals surface area contributed by atoms with Crippen LogP contribution in [0, 0.1) is 20.8 Å². The Bertz CT molecular complexity index is 1210. The van der Waals surface area contributed by atoms with Crippen LogP contribution in [0.2, 0.25) is 0 Å². The molecule has 8 nitrogen and oxygen atoms in total. The van der Waals surface area contributed by atoms with Crippen LogP contribution >= 0.6 is 11.3 Å². The second kappa shape index (κ2) is 9.15. The maximum atomic E-state index is 11.6. The molecule has 0 saturated carbocycles. The number of aliphatic imine (C=N–C) groups is 1. The first kappa shape index (κ1) is 22.1. The minimum atomic E-state index is -0.929. The number of thiophene rings is 1. The van der Waals surface area contributed by atoms with Crippen molar-refractivity contribution >= 4 is 29.1 Å². The third-order valence-corrected chi connectivity index (χ3v) is 6.72. The van der Waals surface area contributed by atoms with Crippen LogP contribution in [0.25, 0.3) is 11.1 Å². The highest BCUT2D eigenvalue weighted by Gasteiger charge is 2.32. The van der Waals surface area contributed by atoms with Gasteiger partial charge >= 0.3 is 5.97 Å². The highest BCUT2D eigenvalue weighted by Crippen LogP contribution is 2.39. The topological polar surface area (TPSA) is 113 Å². The number of fused-ring (bicyclic) bond motifs is 3. The standard InChI is InChI=1S/C23H25N5O3S/c1-13-14(2)32-23-20(13)21(17-9-7-16(8-10-17)6-4-5-11-24-31)25-18(12-19(29)30)22-27-26-15(3)28(22)23/h4,6-10,18,24,31H,5,11-12H2,1-3H3,(H,29,30). The third kappa shape index (κ3) is 4.14. The van der Waals surface area contributed by atoms with Gasteiger partial charge in [-0.05, 0) is 38.3 Å². The van der Waals surface area contributed by atoms with Gasteiger partial charge in [0.1, 0.15) is 16.9 Å². The molecule has 0 radical (unpaired) electrons. The molecule has 0 amide bonds. The fourth-order valence-corrected chi connectivity index (χ4v) is 5.02.